The molecule has 1 rings (SSSR count). The van der Waals surface area contributed by atoms with Crippen LogP contribution in [0.4, 0.5) is 0 Å². The van der Waals surface area contributed by atoms with E-state index in [9.17, 15) is 8.42 Å². The first-order valence-electron chi connectivity index (χ1n) is 5.72. The molecule has 1 saturated carbocycles. The van der Waals surface area contributed by atoms with Crippen molar-refractivity contribution in [3.05, 3.63) is 0 Å². The second-order valence-corrected chi connectivity index (χ2v) is 5.78. The third kappa shape index (κ3) is 4.95. The Morgan fingerprint density at radius 3 is 2.33 bits per heavy atom. The fraction of sp³-hybridized carbons (Fsp3) is 1.00. The Hall–Kier alpha value is -0.130. The largest absolute Gasteiger partial charge is 0.300 e. The predicted octanol–water partition coefficient (Wildman–Crippen LogP) is 1.53. The summed E-state index contributed by atoms with van der Waals surface area (Å²) in [5.41, 5.74) is 0. The molecule has 15 heavy (non-hydrogen) atoms. The van der Waals surface area contributed by atoms with Gasteiger partial charge in [0.25, 0.3) is 10.1 Å². The summed E-state index contributed by atoms with van der Waals surface area (Å²) < 4.78 is 30.0. The summed E-state index contributed by atoms with van der Waals surface area (Å²) in [6, 6.07) is 0.519. The minimum absolute atomic E-state index is 0.142. The summed E-state index contributed by atoms with van der Waals surface area (Å²) >= 11 is 0. The average Bonchev–Trinajstić information content (AvgIpc) is 2.19. The molecule has 5 heteroatoms. The van der Waals surface area contributed by atoms with Crippen molar-refractivity contribution in [2.45, 2.75) is 45.1 Å². The monoisotopic (exact) mass is 235 g/mol. The summed E-state index contributed by atoms with van der Waals surface area (Å²) in [4.78, 5) is 2.17. The minimum atomic E-state index is -3.81. The maximum absolute atomic E-state index is 10.7. The molecule has 0 aromatic carbocycles. The van der Waals surface area contributed by atoms with Gasteiger partial charge in [-0.25, -0.2) is 0 Å². The van der Waals surface area contributed by atoms with E-state index in [1.165, 1.54) is 32.1 Å². The molecule has 1 aliphatic carbocycles. The molecule has 1 N–H and O–H groups in total. The number of rotatable bonds is 5. The lowest BCUT2D eigenvalue weighted by Gasteiger charge is -2.33. The van der Waals surface area contributed by atoms with Crippen LogP contribution in [0.1, 0.15) is 39.0 Å². The lowest BCUT2D eigenvalue weighted by Crippen LogP contribution is -2.39. The molecule has 0 saturated heterocycles. The Morgan fingerprint density at radius 1 is 1.27 bits per heavy atom. The summed E-state index contributed by atoms with van der Waals surface area (Å²) in [6.07, 6.45) is 6.12. The van der Waals surface area contributed by atoms with E-state index in [1.54, 1.807) is 0 Å². The quantitative estimate of drug-likeness (QED) is 0.734. The fourth-order valence-corrected chi connectivity index (χ4v) is 2.74. The van der Waals surface area contributed by atoms with E-state index in [4.69, 9.17) is 4.55 Å². The van der Waals surface area contributed by atoms with Crippen LogP contribution >= 0.6 is 0 Å². The van der Waals surface area contributed by atoms with Crippen molar-refractivity contribution in [3.63, 3.8) is 0 Å². The van der Waals surface area contributed by atoms with Gasteiger partial charge in [0, 0.05) is 12.6 Å². The van der Waals surface area contributed by atoms with E-state index in [0.29, 0.717) is 12.6 Å². The van der Waals surface area contributed by atoms with Gasteiger partial charge >= 0.3 is 0 Å². The molecule has 0 aromatic rings. The Kier molecular flexibility index (Phi) is 5.02. The molecular weight excluding hydrogens is 214 g/mol. The maximum atomic E-state index is 10.7. The second kappa shape index (κ2) is 5.82. The van der Waals surface area contributed by atoms with Crippen molar-refractivity contribution in [1.82, 2.24) is 4.90 Å². The number of hydrogen-bond acceptors (Lipinski definition) is 3. The predicted molar refractivity (Wildman–Crippen MR) is 60.5 cm³/mol. The van der Waals surface area contributed by atoms with Crippen molar-refractivity contribution in [1.29, 1.82) is 0 Å². The molecule has 0 amide bonds. The molecule has 90 valence electrons. The first-order valence-corrected chi connectivity index (χ1v) is 7.33. The molecule has 0 radical (unpaired) electrons. The molecule has 0 heterocycles. The first kappa shape index (κ1) is 12.9. The average molecular weight is 235 g/mol. The molecule has 1 aliphatic rings. The van der Waals surface area contributed by atoms with Crippen LogP contribution in [0.5, 0.6) is 0 Å². The Balaban J connectivity index is 2.40. The van der Waals surface area contributed by atoms with Crippen LogP contribution < -0.4 is 0 Å². The summed E-state index contributed by atoms with van der Waals surface area (Å²) in [7, 11) is -3.81. The van der Waals surface area contributed by atoms with Gasteiger partial charge in [-0.1, -0.05) is 26.2 Å². The van der Waals surface area contributed by atoms with Crippen molar-refractivity contribution >= 4 is 10.1 Å². The topological polar surface area (TPSA) is 57.6 Å². The van der Waals surface area contributed by atoms with E-state index in [0.717, 1.165) is 6.54 Å². The van der Waals surface area contributed by atoms with Gasteiger partial charge in [0.05, 0.1) is 5.75 Å². The highest BCUT2D eigenvalue weighted by molar-refractivity contribution is 7.85. The van der Waals surface area contributed by atoms with Gasteiger partial charge in [-0.2, -0.15) is 8.42 Å². The van der Waals surface area contributed by atoms with Crippen LogP contribution in [0.15, 0.2) is 0 Å². The summed E-state index contributed by atoms with van der Waals surface area (Å²) in [6.45, 7) is 3.36. The van der Waals surface area contributed by atoms with Gasteiger partial charge in [-0.05, 0) is 19.4 Å². The highest BCUT2D eigenvalue weighted by atomic mass is 32.2. The SMILES string of the molecule is CCN(CCS(=O)(=O)O)C1CCCCC1. The molecule has 0 spiro atoms. The zero-order valence-electron chi connectivity index (χ0n) is 9.35. The molecule has 0 atom stereocenters. The minimum Gasteiger partial charge on any atom is -0.300 e. The molecule has 0 bridgehead atoms. The van der Waals surface area contributed by atoms with Crippen molar-refractivity contribution < 1.29 is 13.0 Å². The Bertz CT molecular complexity index is 270. The van der Waals surface area contributed by atoms with Gasteiger partial charge in [-0.3, -0.25) is 9.45 Å². The van der Waals surface area contributed by atoms with Crippen LogP contribution in [-0.4, -0.2) is 42.8 Å². The van der Waals surface area contributed by atoms with Crippen molar-refractivity contribution in [2.24, 2.45) is 0 Å². The van der Waals surface area contributed by atoms with Gasteiger partial charge in [-0.15, -0.1) is 0 Å². The smallest absolute Gasteiger partial charge is 0.266 e. The maximum Gasteiger partial charge on any atom is 0.266 e. The summed E-state index contributed by atoms with van der Waals surface area (Å²) in [5, 5.41) is 0. The van der Waals surface area contributed by atoms with E-state index < -0.39 is 10.1 Å². The van der Waals surface area contributed by atoms with Crippen LogP contribution in [0.25, 0.3) is 0 Å². The Morgan fingerprint density at radius 2 is 1.87 bits per heavy atom. The summed E-state index contributed by atoms with van der Waals surface area (Å²) in [5.74, 6) is -0.142. The van der Waals surface area contributed by atoms with E-state index in [2.05, 4.69) is 4.90 Å². The van der Waals surface area contributed by atoms with Gasteiger partial charge in [0.1, 0.15) is 0 Å². The lowest BCUT2D eigenvalue weighted by molar-refractivity contribution is 0.172. The normalized spacial score (nSPS) is 19.7. The van der Waals surface area contributed by atoms with Crippen LogP contribution in [0, 0.1) is 0 Å². The van der Waals surface area contributed by atoms with E-state index >= 15 is 0 Å². The van der Waals surface area contributed by atoms with Crippen LogP contribution in [0.2, 0.25) is 0 Å². The van der Waals surface area contributed by atoms with Gasteiger partial charge in [0.15, 0.2) is 0 Å². The fourth-order valence-electron chi connectivity index (χ4n) is 2.28. The number of nitrogens with zero attached hydrogens (tertiary/aromatic N) is 1. The molecule has 0 unspecified atom stereocenters. The van der Waals surface area contributed by atoms with Crippen LogP contribution in [-0.2, 0) is 10.1 Å². The molecule has 1 fully saturated rings. The highest BCUT2D eigenvalue weighted by Crippen LogP contribution is 2.22. The second-order valence-electron chi connectivity index (χ2n) is 4.21. The zero-order valence-corrected chi connectivity index (χ0v) is 10.2. The van der Waals surface area contributed by atoms with E-state index in [-0.39, 0.29) is 5.75 Å². The molecular formula is C10H21NO3S. The zero-order chi connectivity index (χ0) is 11.3. The molecule has 4 nitrogen and oxygen atoms in total. The van der Waals surface area contributed by atoms with Gasteiger partial charge < -0.3 is 0 Å². The van der Waals surface area contributed by atoms with Gasteiger partial charge in [0.2, 0.25) is 0 Å². The highest BCUT2D eigenvalue weighted by Gasteiger charge is 2.20. The third-order valence-electron chi connectivity index (χ3n) is 3.13. The standard InChI is InChI=1S/C10H21NO3S/c1-2-11(8-9-15(12,13)14)10-6-4-3-5-7-10/h10H,2-9H2,1H3,(H,12,13,14). The Labute approximate surface area is 92.4 Å². The van der Waals surface area contributed by atoms with Crippen LogP contribution in [0.3, 0.4) is 0 Å². The van der Waals surface area contributed by atoms with E-state index in [1.807, 2.05) is 6.92 Å². The molecule has 0 aliphatic heterocycles. The molecule has 0 aromatic heterocycles. The lowest BCUT2D eigenvalue weighted by atomic mass is 9.94. The van der Waals surface area contributed by atoms with Crippen molar-refractivity contribution in [3.8, 4) is 0 Å². The number of hydrogen-bond donors (Lipinski definition) is 1. The van der Waals surface area contributed by atoms with Crippen molar-refractivity contribution in [2.75, 3.05) is 18.8 Å². The third-order valence-corrected chi connectivity index (χ3v) is 3.83. The first-order chi connectivity index (χ1) is 7.03.